The lowest BCUT2D eigenvalue weighted by molar-refractivity contribution is 0.288. The highest BCUT2D eigenvalue weighted by Gasteiger charge is 2.18. The van der Waals surface area contributed by atoms with Gasteiger partial charge in [0.15, 0.2) is 6.73 Å². The van der Waals surface area contributed by atoms with Gasteiger partial charge in [-0.1, -0.05) is 17.7 Å². The van der Waals surface area contributed by atoms with Crippen molar-refractivity contribution in [2.24, 2.45) is 0 Å². The van der Waals surface area contributed by atoms with Gasteiger partial charge in [-0.15, -0.1) is 0 Å². The van der Waals surface area contributed by atoms with Crippen molar-refractivity contribution < 1.29 is 9.47 Å². The Balaban J connectivity index is 1.86. The molecule has 0 saturated carbocycles. The number of fused-ring (bicyclic) bond motifs is 1. The van der Waals surface area contributed by atoms with Gasteiger partial charge in [-0.3, -0.25) is 0 Å². The Hall–Kier alpha value is -2.16. The molecule has 1 heterocycles. The lowest BCUT2D eigenvalue weighted by Crippen LogP contribution is -2.31. The highest BCUT2D eigenvalue weighted by Crippen LogP contribution is 2.31. The number of hydrogen-bond donors (Lipinski definition) is 0. The Morgan fingerprint density at radius 1 is 1.11 bits per heavy atom. The first kappa shape index (κ1) is 11.9. The highest BCUT2D eigenvalue weighted by atomic mass is 16.5. The number of hydrogen-bond acceptors (Lipinski definition) is 3. The average Bonchev–Trinajstić information content (AvgIpc) is 2.47. The second-order valence-electron chi connectivity index (χ2n) is 4.78. The largest absolute Gasteiger partial charge is 0.497 e. The number of ether oxygens (including phenoxy) is 2. The van der Waals surface area contributed by atoms with Crippen molar-refractivity contribution in [3.63, 3.8) is 0 Å². The molecular weight excluding hydrogens is 238 g/mol. The predicted molar refractivity (Wildman–Crippen MR) is 75.9 cm³/mol. The number of anilines is 1. The number of benzene rings is 2. The molecule has 0 aliphatic carbocycles. The molecule has 0 radical (unpaired) electrons. The number of nitrogens with zero attached hydrogens (tertiary/aromatic N) is 1. The fraction of sp³-hybridized carbons (Fsp3) is 0.250. The molecule has 1 aliphatic heterocycles. The van der Waals surface area contributed by atoms with E-state index < -0.39 is 0 Å². The SMILES string of the molecule is COc1ccc2c(c1)CN(c1ccc(C)cc1)CO2. The number of methoxy groups -OCH3 is 1. The summed E-state index contributed by atoms with van der Waals surface area (Å²) >= 11 is 0. The maximum atomic E-state index is 5.79. The van der Waals surface area contributed by atoms with Crippen LogP contribution in [-0.4, -0.2) is 13.8 Å². The van der Waals surface area contributed by atoms with Crippen LogP contribution in [0.15, 0.2) is 42.5 Å². The minimum Gasteiger partial charge on any atom is -0.497 e. The van der Waals surface area contributed by atoms with Crippen LogP contribution in [-0.2, 0) is 6.54 Å². The maximum absolute atomic E-state index is 5.79. The van der Waals surface area contributed by atoms with Crippen molar-refractivity contribution in [1.82, 2.24) is 0 Å². The van der Waals surface area contributed by atoms with Gasteiger partial charge in [0.25, 0.3) is 0 Å². The second-order valence-corrected chi connectivity index (χ2v) is 4.78. The van der Waals surface area contributed by atoms with Gasteiger partial charge < -0.3 is 14.4 Å². The Morgan fingerprint density at radius 3 is 2.63 bits per heavy atom. The van der Waals surface area contributed by atoms with E-state index in [0.717, 1.165) is 23.6 Å². The Morgan fingerprint density at radius 2 is 1.89 bits per heavy atom. The molecule has 3 nitrogen and oxygen atoms in total. The maximum Gasteiger partial charge on any atom is 0.161 e. The van der Waals surface area contributed by atoms with Crippen LogP contribution in [0.4, 0.5) is 5.69 Å². The van der Waals surface area contributed by atoms with Gasteiger partial charge >= 0.3 is 0 Å². The van der Waals surface area contributed by atoms with Crippen molar-refractivity contribution in [2.75, 3.05) is 18.7 Å². The Bertz CT molecular complexity index is 578. The summed E-state index contributed by atoms with van der Waals surface area (Å²) in [6.45, 7) is 3.52. The minimum absolute atomic E-state index is 0.586. The van der Waals surface area contributed by atoms with Crippen LogP contribution in [0.2, 0.25) is 0 Å². The molecule has 0 fully saturated rings. The van der Waals surface area contributed by atoms with E-state index in [1.165, 1.54) is 11.3 Å². The quantitative estimate of drug-likeness (QED) is 0.821. The van der Waals surface area contributed by atoms with E-state index in [2.05, 4.69) is 36.1 Å². The van der Waals surface area contributed by atoms with Crippen LogP contribution < -0.4 is 14.4 Å². The Kier molecular flexibility index (Phi) is 3.03. The summed E-state index contributed by atoms with van der Waals surface area (Å²) in [6.07, 6.45) is 0. The van der Waals surface area contributed by atoms with E-state index in [4.69, 9.17) is 9.47 Å². The zero-order valence-electron chi connectivity index (χ0n) is 11.2. The zero-order valence-corrected chi connectivity index (χ0v) is 11.2. The van der Waals surface area contributed by atoms with Crippen LogP contribution in [0.5, 0.6) is 11.5 Å². The molecule has 2 aromatic rings. The third-order valence-electron chi connectivity index (χ3n) is 3.40. The summed E-state index contributed by atoms with van der Waals surface area (Å²) in [4.78, 5) is 2.21. The van der Waals surface area contributed by atoms with Gasteiger partial charge in [0.2, 0.25) is 0 Å². The van der Waals surface area contributed by atoms with Gasteiger partial charge in [0.05, 0.1) is 7.11 Å². The van der Waals surface area contributed by atoms with Crippen molar-refractivity contribution in [2.45, 2.75) is 13.5 Å². The monoisotopic (exact) mass is 255 g/mol. The van der Waals surface area contributed by atoms with Gasteiger partial charge in [0, 0.05) is 17.8 Å². The Labute approximate surface area is 113 Å². The van der Waals surface area contributed by atoms with E-state index in [-0.39, 0.29) is 0 Å². The molecule has 0 saturated heterocycles. The predicted octanol–water partition coefficient (Wildman–Crippen LogP) is 3.36. The molecule has 3 rings (SSSR count). The van der Waals surface area contributed by atoms with Crippen LogP contribution in [0.25, 0.3) is 0 Å². The van der Waals surface area contributed by atoms with E-state index in [1.54, 1.807) is 7.11 Å². The standard InChI is InChI=1S/C16H17NO2/c1-12-3-5-14(6-4-12)17-10-13-9-15(18-2)7-8-16(13)19-11-17/h3-9H,10-11H2,1-2H3. The van der Waals surface area contributed by atoms with Crippen LogP contribution in [0.1, 0.15) is 11.1 Å². The summed E-state index contributed by atoms with van der Waals surface area (Å²) in [5, 5.41) is 0. The molecular formula is C16H17NO2. The fourth-order valence-electron chi connectivity index (χ4n) is 2.27. The highest BCUT2D eigenvalue weighted by molar-refractivity contribution is 5.51. The molecule has 0 aromatic heterocycles. The molecule has 98 valence electrons. The molecule has 0 spiro atoms. The van der Waals surface area contributed by atoms with E-state index in [9.17, 15) is 0 Å². The second kappa shape index (κ2) is 4.84. The van der Waals surface area contributed by atoms with Crippen LogP contribution in [0, 0.1) is 6.92 Å². The molecule has 0 atom stereocenters. The summed E-state index contributed by atoms with van der Waals surface area (Å²) in [5.74, 6) is 1.82. The molecule has 19 heavy (non-hydrogen) atoms. The van der Waals surface area contributed by atoms with E-state index in [0.29, 0.717) is 6.73 Å². The van der Waals surface area contributed by atoms with Crippen molar-refractivity contribution >= 4 is 5.69 Å². The fourth-order valence-corrected chi connectivity index (χ4v) is 2.27. The van der Waals surface area contributed by atoms with Gasteiger partial charge in [0.1, 0.15) is 11.5 Å². The molecule has 3 heteroatoms. The van der Waals surface area contributed by atoms with Crippen LogP contribution in [0.3, 0.4) is 0 Å². The third kappa shape index (κ3) is 2.36. The van der Waals surface area contributed by atoms with Crippen molar-refractivity contribution in [1.29, 1.82) is 0 Å². The topological polar surface area (TPSA) is 21.7 Å². The first-order chi connectivity index (χ1) is 9.26. The first-order valence-corrected chi connectivity index (χ1v) is 6.37. The average molecular weight is 255 g/mol. The lowest BCUT2D eigenvalue weighted by Gasteiger charge is -2.31. The summed E-state index contributed by atoms with van der Waals surface area (Å²) < 4.78 is 11.1. The number of rotatable bonds is 2. The van der Waals surface area contributed by atoms with Crippen LogP contribution >= 0.6 is 0 Å². The zero-order chi connectivity index (χ0) is 13.2. The lowest BCUT2D eigenvalue weighted by atomic mass is 10.1. The molecule has 1 aliphatic rings. The summed E-state index contributed by atoms with van der Waals surface area (Å²) in [7, 11) is 1.68. The first-order valence-electron chi connectivity index (χ1n) is 6.37. The molecule has 0 N–H and O–H groups in total. The van der Waals surface area contributed by atoms with E-state index >= 15 is 0 Å². The van der Waals surface area contributed by atoms with Crippen molar-refractivity contribution in [3.8, 4) is 11.5 Å². The van der Waals surface area contributed by atoms with Gasteiger partial charge in [-0.25, -0.2) is 0 Å². The summed E-state index contributed by atoms with van der Waals surface area (Å²) in [6, 6.07) is 14.4. The van der Waals surface area contributed by atoms with Crippen molar-refractivity contribution in [3.05, 3.63) is 53.6 Å². The van der Waals surface area contributed by atoms with E-state index in [1.807, 2.05) is 18.2 Å². The molecule has 0 amide bonds. The van der Waals surface area contributed by atoms with Gasteiger partial charge in [-0.05, 0) is 37.3 Å². The van der Waals surface area contributed by atoms with Gasteiger partial charge in [-0.2, -0.15) is 0 Å². The third-order valence-corrected chi connectivity index (χ3v) is 3.40. The minimum atomic E-state index is 0.586. The summed E-state index contributed by atoms with van der Waals surface area (Å²) in [5.41, 5.74) is 3.61. The normalized spacial score (nSPS) is 13.7. The smallest absolute Gasteiger partial charge is 0.161 e. The number of aryl methyl sites for hydroxylation is 1. The molecule has 2 aromatic carbocycles. The molecule has 0 bridgehead atoms. The molecule has 0 unspecified atom stereocenters.